The molecule has 2 aromatic rings. The Morgan fingerprint density at radius 3 is 1.84 bits per heavy atom. The van der Waals surface area contributed by atoms with Crippen molar-refractivity contribution < 1.29 is 52.9 Å². The zero-order valence-corrected chi connectivity index (χ0v) is 33.8. The summed E-state index contributed by atoms with van der Waals surface area (Å²) in [5.41, 5.74) is 2.08. The molecule has 330 valence electrons. The largest absolute Gasteiger partial charge is 0.480 e. The Bertz CT molecular complexity index is 1900. The number of rotatable bonds is 14. The van der Waals surface area contributed by atoms with E-state index in [1.165, 1.54) is 18.5 Å². The number of amides is 3. The van der Waals surface area contributed by atoms with Crippen molar-refractivity contribution in [3.63, 3.8) is 0 Å². The van der Waals surface area contributed by atoms with Crippen LogP contribution in [0, 0.1) is 11.3 Å². The summed E-state index contributed by atoms with van der Waals surface area (Å²) in [5.74, 6) is -7.81. The molecule has 0 radical (unpaired) electrons. The Balaban J connectivity index is 1.18. The lowest BCUT2D eigenvalue weighted by molar-refractivity contribution is -0.140. The number of piperidine rings is 1. The molecule has 5 rings (SSSR count). The number of aliphatic carboxylic acids is 3. The molecule has 0 spiro atoms. The zero-order valence-electron chi connectivity index (χ0n) is 33.8. The second kappa shape index (κ2) is 21.6. The first kappa shape index (κ1) is 46.2. The lowest BCUT2D eigenvalue weighted by atomic mass is 10.0. The summed E-state index contributed by atoms with van der Waals surface area (Å²) in [6.07, 6.45) is 3.69. The number of pyridine rings is 1. The molecule has 0 aliphatic carbocycles. The summed E-state index contributed by atoms with van der Waals surface area (Å²) in [6.45, 7) is 1.14. The molecule has 21 heteroatoms. The average molecular weight is 855 g/mol. The first-order valence-electron chi connectivity index (χ1n) is 20.1. The topological polar surface area (TPSA) is 243 Å². The molecular formula is C40H52F2N10O9. The van der Waals surface area contributed by atoms with Gasteiger partial charge in [0, 0.05) is 102 Å². The number of carboxylic acids is 3. The third-order valence-electron chi connectivity index (χ3n) is 10.9. The highest BCUT2D eigenvalue weighted by Gasteiger charge is 2.47. The summed E-state index contributed by atoms with van der Waals surface area (Å²) < 4.78 is 27.7. The van der Waals surface area contributed by atoms with Crippen molar-refractivity contribution in [1.29, 1.82) is 5.26 Å². The van der Waals surface area contributed by atoms with E-state index < -0.39 is 61.2 Å². The van der Waals surface area contributed by atoms with Crippen molar-refractivity contribution in [2.45, 2.75) is 37.3 Å². The van der Waals surface area contributed by atoms with Crippen LogP contribution in [0.1, 0.15) is 29.6 Å². The van der Waals surface area contributed by atoms with Crippen LogP contribution < -0.4 is 10.6 Å². The number of nitrogens with zero attached hydrogens (tertiary/aromatic N) is 8. The lowest BCUT2D eigenvalue weighted by Gasteiger charge is -2.36. The Labute approximate surface area is 351 Å². The van der Waals surface area contributed by atoms with Crippen LogP contribution in [0.25, 0.3) is 11.1 Å². The molecule has 1 aromatic heterocycles. The van der Waals surface area contributed by atoms with Crippen LogP contribution in [0.15, 0.2) is 42.7 Å². The Morgan fingerprint density at radius 1 is 0.770 bits per heavy atom. The maximum Gasteiger partial charge on any atom is 0.317 e. The molecule has 3 saturated heterocycles. The molecule has 3 aliphatic heterocycles. The van der Waals surface area contributed by atoms with E-state index in [9.17, 15) is 58.1 Å². The molecule has 3 amide bonds. The average Bonchev–Trinajstić information content (AvgIpc) is 3.54. The highest BCUT2D eigenvalue weighted by molar-refractivity contribution is 6.02. The minimum Gasteiger partial charge on any atom is -0.480 e. The SMILES string of the molecule is N#C[C@@H]1CC(F)(F)CN1C(=O)CNC(=O)c1ccncc1-c1ccc(NC2CCCN(C(=O)CN3CCN(CC(=O)O)CCN(CC(=O)O)CCN(CC(=O)O)CC3)C2)cc1. The number of likely N-dealkylation sites (tertiary alicyclic amines) is 2. The van der Waals surface area contributed by atoms with E-state index in [1.807, 2.05) is 17.0 Å². The molecule has 1 aromatic carbocycles. The van der Waals surface area contributed by atoms with Crippen LogP contribution in [-0.4, -0.2) is 208 Å². The number of hydrogen-bond acceptors (Lipinski definition) is 13. The van der Waals surface area contributed by atoms with Gasteiger partial charge in [-0.25, -0.2) is 8.78 Å². The fourth-order valence-electron chi connectivity index (χ4n) is 7.75. The van der Waals surface area contributed by atoms with Gasteiger partial charge < -0.3 is 35.8 Å². The molecule has 0 bridgehead atoms. The quantitative estimate of drug-likeness (QED) is 0.169. The number of carbonyl (C=O) groups excluding carboxylic acids is 3. The number of carbonyl (C=O) groups is 6. The van der Waals surface area contributed by atoms with E-state index in [4.69, 9.17) is 0 Å². The highest BCUT2D eigenvalue weighted by atomic mass is 19.3. The zero-order chi connectivity index (χ0) is 44.1. The van der Waals surface area contributed by atoms with Crippen LogP contribution in [0.4, 0.5) is 14.5 Å². The number of nitrogens with one attached hydrogen (secondary N) is 2. The predicted octanol–water partition coefficient (Wildman–Crippen LogP) is 0.116. The number of nitriles is 1. The molecule has 2 atom stereocenters. The molecule has 1 unspecified atom stereocenters. The van der Waals surface area contributed by atoms with Gasteiger partial charge in [0.25, 0.3) is 11.8 Å². The van der Waals surface area contributed by atoms with Gasteiger partial charge in [0.2, 0.25) is 11.8 Å². The number of halogens is 2. The smallest absolute Gasteiger partial charge is 0.317 e. The third-order valence-corrected chi connectivity index (χ3v) is 10.9. The van der Waals surface area contributed by atoms with Crippen molar-refractivity contribution in [2.75, 3.05) is 110 Å². The normalized spacial score (nSPS) is 21.1. The van der Waals surface area contributed by atoms with Crippen LogP contribution in [0.2, 0.25) is 0 Å². The van der Waals surface area contributed by atoms with E-state index >= 15 is 0 Å². The summed E-state index contributed by atoms with van der Waals surface area (Å²) in [7, 11) is 0. The molecule has 5 N–H and O–H groups in total. The molecule has 0 saturated carbocycles. The van der Waals surface area contributed by atoms with E-state index in [1.54, 1.807) is 37.8 Å². The first-order chi connectivity index (χ1) is 29.1. The maximum atomic E-state index is 13.8. The Kier molecular flexibility index (Phi) is 16.4. The number of anilines is 1. The van der Waals surface area contributed by atoms with Gasteiger partial charge in [0.1, 0.15) is 6.04 Å². The summed E-state index contributed by atoms with van der Waals surface area (Å²) >= 11 is 0. The van der Waals surface area contributed by atoms with Crippen LogP contribution >= 0.6 is 0 Å². The second-order valence-corrected chi connectivity index (χ2v) is 15.5. The maximum absolute atomic E-state index is 13.8. The molecular weight excluding hydrogens is 802 g/mol. The summed E-state index contributed by atoms with van der Waals surface area (Å²) in [5, 5.41) is 43.6. The Hall–Kier alpha value is -5.82. The van der Waals surface area contributed by atoms with Crippen LogP contribution in [-0.2, 0) is 24.0 Å². The van der Waals surface area contributed by atoms with E-state index in [-0.39, 0.29) is 69.9 Å². The van der Waals surface area contributed by atoms with Gasteiger partial charge in [0.05, 0.1) is 50.9 Å². The fourth-order valence-corrected chi connectivity index (χ4v) is 7.75. The second-order valence-electron chi connectivity index (χ2n) is 15.5. The number of hydrogen-bond donors (Lipinski definition) is 5. The molecule has 3 fully saturated rings. The van der Waals surface area contributed by atoms with Crippen molar-refractivity contribution in [3.05, 3.63) is 48.3 Å². The van der Waals surface area contributed by atoms with Gasteiger partial charge in [-0.15, -0.1) is 0 Å². The van der Waals surface area contributed by atoms with Gasteiger partial charge >= 0.3 is 17.9 Å². The number of benzene rings is 1. The summed E-state index contributed by atoms with van der Waals surface area (Å²) in [6, 6.07) is 9.06. The minimum absolute atomic E-state index is 0.0398. The van der Waals surface area contributed by atoms with Gasteiger partial charge in [-0.3, -0.25) is 53.4 Å². The van der Waals surface area contributed by atoms with Crippen molar-refractivity contribution in [1.82, 2.24) is 39.7 Å². The third kappa shape index (κ3) is 14.1. The molecule has 3 aliphatic rings. The monoisotopic (exact) mass is 854 g/mol. The number of alkyl halides is 2. The first-order valence-corrected chi connectivity index (χ1v) is 20.1. The van der Waals surface area contributed by atoms with Gasteiger partial charge in [0.15, 0.2) is 0 Å². The van der Waals surface area contributed by atoms with E-state index in [2.05, 4.69) is 15.6 Å². The van der Waals surface area contributed by atoms with Crippen LogP contribution in [0.3, 0.4) is 0 Å². The number of aromatic nitrogens is 1. The van der Waals surface area contributed by atoms with Crippen molar-refractivity contribution in [3.8, 4) is 17.2 Å². The van der Waals surface area contributed by atoms with Gasteiger partial charge in [-0.05, 0) is 36.6 Å². The van der Waals surface area contributed by atoms with Crippen molar-refractivity contribution >= 4 is 41.3 Å². The molecule has 19 nitrogen and oxygen atoms in total. The van der Waals surface area contributed by atoms with E-state index in [0.29, 0.717) is 50.4 Å². The number of carboxylic acid groups (broad SMARTS) is 3. The van der Waals surface area contributed by atoms with Crippen molar-refractivity contribution in [2.24, 2.45) is 0 Å². The van der Waals surface area contributed by atoms with Gasteiger partial charge in [-0.1, -0.05) is 12.1 Å². The van der Waals surface area contributed by atoms with Gasteiger partial charge in [-0.2, -0.15) is 5.26 Å². The standard InChI is InChI=1S/C40H52F2N10O9/c41-40(42)18-31(19-43)52(27-40)34(53)21-45-39(61)32-7-8-44-20-33(32)28-3-5-29(6-4-28)46-30-2-1-9-51(22-30)35(54)23-47-10-12-48(24-36(55)56)14-16-50(26-38(59)60)17-15-49(13-11-47)25-37(57)58/h3-8,20,30-31,46H,1-2,9-18,21-27H2,(H,45,61)(H,55,56)(H,57,58)(H,59,60)/t30?,31-/m0/s1. The molecule has 4 heterocycles. The fraction of sp³-hybridized carbons (Fsp3) is 0.550. The summed E-state index contributed by atoms with van der Waals surface area (Å²) in [4.78, 5) is 88.1. The van der Waals surface area contributed by atoms with Crippen LogP contribution in [0.5, 0.6) is 0 Å². The van der Waals surface area contributed by atoms with E-state index in [0.717, 1.165) is 23.4 Å². The highest BCUT2D eigenvalue weighted by Crippen LogP contribution is 2.32. The minimum atomic E-state index is -3.18. The predicted molar refractivity (Wildman–Crippen MR) is 215 cm³/mol. The molecule has 61 heavy (non-hydrogen) atoms. The lowest BCUT2D eigenvalue weighted by Crippen LogP contribution is -2.52. The Morgan fingerprint density at radius 2 is 1.31 bits per heavy atom.